The summed E-state index contributed by atoms with van der Waals surface area (Å²) >= 11 is 8.06. The fourth-order valence-corrected chi connectivity index (χ4v) is 3.10. The molecule has 1 rings (SSSR count). The Labute approximate surface area is 116 Å². The van der Waals surface area contributed by atoms with Crippen LogP contribution in [0.15, 0.2) is 14.3 Å². The number of carbonyl (C=O) groups is 1. The molecule has 0 aliphatic heterocycles. The molecular formula is C10H13Br2NO2S. The van der Waals surface area contributed by atoms with Crippen LogP contribution in [0.3, 0.4) is 0 Å². The van der Waals surface area contributed by atoms with Crippen LogP contribution in [0.4, 0.5) is 0 Å². The van der Waals surface area contributed by atoms with Crippen LogP contribution >= 0.6 is 43.2 Å². The normalized spacial score (nSPS) is 11.6. The maximum atomic E-state index is 11.9. The van der Waals surface area contributed by atoms with E-state index < -0.39 is 5.54 Å². The van der Waals surface area contributed by atoms with E-state index in [1.54, 1.807) is 6.07 Å². The number of hydrogen-bond donors (Lipinski definition) is 2. The Morgan fingerprint density at radius 3 is 2.62 bits per heavy atom. The molecule has 0 radical (unpaired) electrons. The highest BCUT2D eigenvalue weighted by Gasteiger charge is 2.22. The molecule has 0 bridgehead atoms. The Morgan fingerprint density at radius 1 is 1.56 bits per heavy atom. The average Bonchev–Trinajstić information content (AvgIpc) is 2.46. The Kier molecular flexibility index (Phi) is 4.97. The van der Waals surface area contributed by atoms with Crippen LogP contribution in [0.25, 0.3) is 0 Å². The highest BCUT2D eigenvalue weighted by Crippen LogP contribution is 2.32. The van der Waals surface area contributed by atoms with Gasteiger partial charge in [-0.05, 0) is 58.2 Å². The second-order valence-corrected chi connectivity index (χ2v) is 7.27. The third-order valence-electron chi connectivity index (χ3n) is 2.06. The average molecular weight is 371 g/mol. The van der Waals surface area contributed by atoms with Gasteiger partial charge >= 0.3 is 0 Å². The van der Waals surface area contributed by atoms with Crippen LogP contribution in [-0.4, -0.2) is 23.2 Å². The van der Waals surface area contributed by atoms with Gasteiger partial charge in [0.2, 0.25) is 0 Å². The van der Waals surface area contributed by atoms with E-state index in [-0.39, 0.29) is 12.5 Å². The molecule has 0 unspecified atom stereocenters. The van der Waals surface area contributed by atoms with Gasteiger partial charge in [0, 0.05) is 16.6 Å². The van der Waals surface area contributed by atoms with Crippen molar-refractivity contribution in [1.29, 1.82) is 0 Å². The molecule has 0 aromatic carbocycles. The number of halogens is 2. The molecule has 1 aromatic heterocycles. The van der Waals surface area contributed by atoms with Crippen LogP contribution in [-0.2, 0) is 0 Å². The molecule has 0 atom stereocenters. The maximum Gasteiger partial charge on any atom is 0.261 e. The van der Waals surface area contributed by atoms with Gasteiger partial charge in [0.25, 0.3) is 5.91 Å². The van der Waals surface area contributed by atoms with Crippen LogP contribution in [0.5, 0.6) is 0 Å². The fraction of sp³-hybridized carbons (Fsp3) is 0.500. The predicted octanol–water partition coefficient (Wildman–Crippen LogP) is 3.16. The van der Waals surface area contributed by atoms with Gasteiger partial charge in [-0.2, -0.15) is 0 Å². The van der Waals surface area contributed by atoms with Gasteiger partial charge in [0.05, 0.1) is 8.66 Å². The van der Waals surface area contributed by atoms with Gasteiger partial charge in [-0.1, -0.05) is 0 Å². The molecule has 1 amide bonds. The van der Waals surface area contributed by atoms with Crippen LogP contribution in [0, 0.1) is 0 Å². The van der Waals surface area contributed by atoms with Crippen LogP contribution < -0.4 is 5.32 Å². The first-order chi connectivity index (χ1) is 7.35. The standard InChI is InChI=1S/C10H13Br2NO2S/c1-10(2,3-4-14)13-9(15)7-5-6(11)8(12)16-7/h5,14H,3-4H2,1-2H3,(H,13,15). The lowest BCUT2D eigenvalue weighted by molar-refractivity contribution is 0.0903. The number of aliphatic hydroxyl groups excluding tert-OH is 1. The predicted molar refractivity (Wildman–Crippen MR) is 73.0 cm³/mol. The number of aliphatic hydroxyl groups is 1. The minimum Gasteiger partial charge on any atom is -0.396 e. The van der Waals surface area contributed by atoms with E-state index in [4.69, 9.17) is 5.11 Å². The Hall–Kier alpha value is 0.0900. The van der Waals surface area contributed by atoms with E-state index in [2.05, 4.69) is 37.2 Å². The third kappa shape index (κ3) is 3.84. The molecule has 0 spiro atoms. The summed E-state index contributed by atoms with van der Waals surface area (Å²) in [5, 5.41) is 11.8. The lowest BCUT2D eigenvalue weighted by Gasteiger charge is -2.24. The second-order valence-electron chi connectivity index (χ2n) is 4.04. The summed E-state index contributed by atoms with van der Waals surface area (Å²) in [6.07, 6.45) is 0.534. The van der Waals surface area contributed by atoms with Gasteiger partial charge in [-0.25, -0.2) is 0 Å². The largest absolute Gasteiger partial charge is 0.396 e. The number of amides is 1. The first-order valence-corrected chi connectivity index (χ1v) is 7.14. The van der Waals surface area contributed by atoms with Gasteiger partial charge in [-0.15, -0.1) is 11.3 Å². The molecule has 6 heteroatoms. The van der Waals surface area contributed by atoms with Crippen molar-refractivity contribution in [3.8, 4) is 0 Å². The van der Waals surface area contributed by atoms with Gasteiger partial charge in [0.1, 0.15) is 0 Å². The number of nitrogens with one attached hydrogen (secondary N) is 1. The summed E-state index contributed by atoms with van der Waals surface area (Å²) < 4.78 is 1.78. The SMILES string of the molecule is CC(C)(CCO)NC(=O)c1cc(Br)c(Br)s1. The van der Waals surface area contributed by atoms with Crippen molar-refractivity contribution < 1.29 is 9.90 Å². The smallest absolute Gasteiger partial charge is 0.261 e. The number of rotatable bonds is 4. The van der Waals surface area contributed by atoms with Gasteiger partial charge < -0.3 is 10.4 Å². The quantitative estimate of drug-likeness (QED) is 0.855. The van der Waals surface area contributed by atoms with E-state index in [0.717, 1.165) is 8.26 Å². The zero-order chi connectivity index (χ0) is 12.3. The van der Waals surface area contributed by atoms with Crippen molar-refractivity contribution >= 4 is 49.1 Å². The van der Waals surface area contributed by atoms with Crippen molar-refractivity contribution in [3.05, 3.63) is 19.2 Å². The summed E-state index contributed by atoms with van der Waals surface area (Å²) in [7, 11) is 0. The van der Waals surface area contributed by atoms with Crippen molar-refractivity contribution in [2.24, 2.45) is 0 Å². The molecule has 0 fully saturated rings. The summed E-state index contributed by atoms with van der Waals surface area (Å²) in [4.78, 5) is 12.5. The highest BCUT2D eigenvalue weighted by molar-refractivity contribution is 9.13. The molecule has 16 heavy (non-hydrogen) atoms. The topological polar surface area (TPSA) is 49.3 Å². The summed E-state index contributed by atoms with van der Waals surface area (Å²) in [5.41, 5.74) is -0.394. The molecule has 0 saturated heterocycles. The zero-order valence-electron chi connectivity index (χ0n) is 9.01. The maximum absolute atomic E-state index is 11.9. The molecular weight excluding hydrogens is 358 g/mol. The van der Waals surface area contributed by atoms with Crippen LogP contribution in [0.1, 0.15) is 29.9 Å². The number of hydrogen-bond acceptors (Lipinski definition) is 3. The van der Waals surface area contributed by atoms with Crippen molar-refractivity contribution in [3.63, 3.8) is 0 Å². The molecule has 1 heterocycles. The van der Waals surface area contributed by atoms with Gasteiger partial charge in [-0.3, -0.25) is 4.79 Å². The van der Waals surface area contributed by atoms with Crippen molar-refractivity contribution in [2.45, 2.75) is 25.8 Å². The van der Waals surface area contributed by atoms with E-state index in [9.17, 15) is 4.79 Å². The van der Waals surface area contributed by atoms with E-state index in [0.29, 0.717) is 11.3 Å². The number of carbonyl (C=O) groups excluding carboxylic acids is 1. The second kappa shape index (κ2) is 5.62. The summed E-state index contributed by atoms with van der Waals surface area (Å²) in [5.74, 6) is -0.116. The molecule has 3 nitrogen and oxygen atoms in total. The highest BCUT2D eigenvalue weighted by atomic mass is 79.9. The third-order valence-corrected chi connectivity index (χ3v) is 5.31. The summed E-state index contributed by atoms with van der Waals surface area (Å²) in [6, 6.07) is 1.78. The Balaban J connectivity index is 2.72. The minimum atomic E-state index is -0.394. The van der Waals surface area contributed by atoms with Crippen LogP contribution in [0.2, 0.25) is 0 Å². The van der Waals surface area contributed by atoms with Gasteiger partial charge in [0.15, 0.2) is 0 Å². The molecule has 1 aromatic rings. The lowest BCUT2D eigenvalue weighted by atomic mass is 10.0. The summed E-state index contributed by atoms with van der Waals surface area (Å²) in [6.45, 7) is 3.84. The lowest BCUT2D eigenvalue weighted by Crippen LogP contribution is -2.43. The molecule has 90 valence electrons. The zero-order valence-corrected chi connectivity index (χ0v) is 13.0. The minimum absolute atomic E-state index is 0.0606. The van der Waals surface area contributed by atoms with Crippen molar-refractivity contribution in [2.75, 3.05) is 6.61 Å². The van der Waals surface area contributed by atoms with E-state index in [1.165, 1.54) is 11.3 Å². The fourth-order valence-electron chi connectivity index (χ4n) is 1.17. The monoisotopic (exact) mass is 369 g/mol. The molecule has 0 saturated carbocycles. The van der Waals surface area contributed by atoms with Crippen molar-refractivity contribution in [1.82, 2.24) is 5.32 Å². The van der Waals surface area contributed by atoms with E-state index >= 15 is 0 Å². The molecule has 0 aliphatic rings. The Morgan fingerprint density at radius 2 is 2.19 bits per heavy atom. The first-order valence-electron chi connectivity index (χ1n) is 4.74. The first kappa shape index (κ1) is 14.2. The molecule has 0 aliphatic carbocycles. The molecule has 2 N–H and O–H groups in total. The number of thiophene rings is 1. The van der Waals surface area contributed by atoms with E-state index in [1.807, 2.05) is 13.8 Å². The Bertz CT molecular complexity index is 371.